The standard InChI is InChI=1S/C20H32N4O6/c1-11(2)17(20(29)30-4)23-18(27)15-9-8-13-6-5-7-14(19(28)24(13)15)22-16(26)10-21-12(3)25/h11,13-15,17H,5-10H2,1-4H3,(H,21,25)(H,22,26)(H,23,27)/t13-,14-,15-,17-/m0/s1. The van der Waals surface area contributed by atoms with E-state index in [0.717, 1.165) is 12.8 Å². The summed E-state index contributed by atoms with van der Waals surface area (Å²) in [4.78, 5) is 62.8. The molecule has 0 aromatic rings. The zero-order valence-corrected chi connectivity index (χ0v) is 18.0. The average Bonchev–Trinajstić information content (AvgIpc) is 3.05. The highest BCUT2D eigenvalue weighted by atomic mass is 16.5. The average molecular weight is 424 g/mol. The first-order valence-corrected chi connectivity index (χ1v) is 10.4. The van der Waals surface area contributed by atoms with Crippen LogP contribution < -0.4 is 16.0 Å². The number of carbonyl (C=O) groups excluding carboxylic acids is 5. The third kappa shape index (κ3) is 5.70. The molecule has 30 heavy (non-hydrogen) atoms. The van der Waals surface area contributed by atoms with E-state index in [9.17, 15) is 24.0 Å². The number of fused-ring (bicyclic) bond motifs is 1. The molecule has 0 aromatic heterocycles. The minimum Gasteiger partial charge on any atom is -0.467 e. The van der Waals surface area contributed by atoms with Crippen molar-refractivity contribution in [2.45, 2.75) is 77.0 Å². The normalized spacial score (nSPS) is 24.5. The Labute approximate surface area is 176 Å². The maximum absolute atomic E-state index is 13.2. The van der Waals surface area contributed by atoms with Gasteiger partial charge in [0.25, 0.3) is 0 Å². The highest BCUT2D eigenvalue weighted by molar-refractivity contribution is 5.95. The molecule has 168 valence electrons. The number of rotatable bonds is 7. The fourth-order valence-electron chi connectivity index (χ4n) is 4.08. The van der Waals surface area contributed by atoms with Gasteiger partial charge in [0, 0.05) is 13.0 Å². The fourth-order valence-corrected chi connectivity index (χ4v) is 4.08. The van der Waals surface area contributed by atoms with Crippen molar-refractivity contribution in [2.24, 2.45) is 5.92 Å². The second-order valence-corrected chi connectivity index (χ2v) is 8.21. The van der Waals surface area contributed by atoms with Crippen molar-refractivity contribution in [1.29, 1.82) is 0 Å². The van der Waals surface area contributed by atoms with Crippen molar-refractivity contribution in [3.05, 3.63) is 0 Å². The lowest BCUT2D eigenvalue weighted by Crippen LogP contribution is -2.57. The first-order chi connectivity index (χ1) is 14.1. The van der Waals surface area contributed by atoms with Crippen LogP contribution in [0.2, 0.25) is 0 Å². The van der Waals surface area contributed by atoms with Gasteiger partial charge in [0.15, 0.2) is 0 Å². The van der Waals surface area contributed by atoms with Crippen molar-refractivity contribution >= 4 is 29.6 Å². The summed E-state index contributed by atoms with van der Waals surface area (Å²) in [6.07, 6.45) is 3.16. The smallest absolute Gasteiger partial charge is 0.328 e. The van der Waals surface area contributed by atoms with Crippen LogP contribution in [0.3, 0.4) is 0 Å². The number of methoxy groups -OCH3 is 1. The molecule has 0 unspecified atom stereocenters. The van der Waals surface area contributed by atoms with Gasteiger partial charge in [-0.15, -0.1) is 0 Å². The Morgan fingerprint density at radius 2 is 1.83 bits per heavy atom. The number of esters is 1. The summed E-state index contributed by atoms with van der Waals surface area (Å²) in [7, 11) is 1.27. The van der Waals surface area contributed by atoms with Crippen molar-refractivity contribution in [3.8, 4) is 0 Å². The lowest BCUT2D eigenvalue weighted by molar-refractivity contribution is -0.148. The van der Waals surface area contributed by atoms with E-state index in [-0.39, 0.29) is 36.2 Å². The highest BCUT2D eigenvalue weighted by Crippen LogP contribution is 2.32. The SMILES string of the molecule is COC(=O)[C@@H](NC(=O)[C@@H]1CC[C@@H]2CCC[C@H](NC(=O)CNC(C)=O)C(=O)N21)C(C)C. The summed E-state index contributed by atoms with van der Waals surface area (Å²) in [5.74, 6) is -2.17. The van der Waals surface area contributed by atoms with Crippen LogP contribution in [-0.2, 0) is 28.7 Å². The molecular weight excluding hydrogens is 392 g/mol. The summed E-state index contributed by atoms with van der Waals surface area (Å²) in [5, 5.41) is 7.80. The Morgan fingerprint density at radius 1 is 1.13 bits per heavy atom. The molecule has 0 saturated carbocycles. The van der Waals surface area contributed by atoms with E-state index in [1.807, 2.05) is 0 Å². The van der Waals surface area contributed by atoms with Gasteiger partial charge in [-0.25, -0.2) is 4.79 Å². The van der Waals surface area contributed by atoms with Gasteiger partial charge in [0.2, 0.25) is 23.6 Å². The first kappa shape index (κ1) is 23.6. The summed E-state index contributed by atoms with van der Waals surface area (Å²) >= 11 is 0. The molecule has 4 atom stereocenters. The molecule has 3 N–H and O–H groups in total. The Morgan fingerprint density at radius 3 is 2.43 bits per heavy atom. The first-order valence-electron chi connectivity index (χ1n) is 10.4. The second kappa shape index (κ2) is 10.4. The van der Waals surface area contributed by atoms with E-state index in [4.69, 9.17) is 4.74 Å². The van der Waals surface area contributed by atoms with Crippen molar-refractivity contribution < 1.29 is 28.7 Å². The van der Waals surface area contributed by atoms with Crippen molar-refractivity contribution in [3.63, 3.8) is 0 Å². The Balaban J connectivity index is 2.10. The third-order valence-electron chi connectivity index (χ3n) is 5.64. The second-order valence-electron chi connectivity index (χ2n) is 8.21. The number of amides is 4. The van der Waals surface area contributed by atoms with E-state index in [1.165, 1.54) is 14.0 Å². The Bertz CT molecular complexity index is 695. The van der Waals surface area contributed by atoms with Gasteiger partial charge in [-0.1, -0.05) is 13.8 Å². The van der Waals surface area contributed by atoms with Crippen LogP contribution in [-0.4, -0.2) is 72.3 Å². The number of hydrogen-bond acceptors (Lipinski definition) is 6. The van der Waals surface area contributed by atoms with E-state index >= 15 is 0 Å². The van der Waals surface area contributed by atoms with E-state index < -0.39 is 30.0 Å². The summed E-state index contributed by atoms with van der Waals surface area (Å²) in [6, 6.07) is -2.30. The van der Waals surface area contributed by atoms with Gasteiger partial charge in [-0.2, -0.15) is 0 Å². The highest BCUT2D eigenvalue weighted by Gasteiger charge is 2.45. The largest absolute Gasteiger partial charge is 0.467 e. The molecule has 0 spiro atoms. The molecule has 2 rings (SSSR count). The van der Waals surface area contributed by atoms with Gasteiger partial charge < -0.3 is 25.6 Å². The van der Waals surface area contributed by atoms with Crippen molar-refractivity contribution in [2.75, 3.05) is 13.7 Å². The molecule has 0 aliphatic carbocycles. The quantitative estimate of drug-likeness (QED) is 0.470. The fraction of sp³-hybridized carbons (Fsp3) is 0.750. The maximum atomic E-state index is 13.2. The Hall–Kier alpha value is -2.65. The molecular formula is C20H32N4O6. The number of ether oxygens (including phenoxy) is 1. The lowest BCUT2D eigenvalue weighted by Gasteiger charge is -2.31. The summed E-state index contributed by atoms with van der Waals surface area (Å²) in [6.45, 7) is 4.70. The van der Waals surface area contributed by atoms with Gasteiger partial charge in [0.05, 0.1) is 13.7 Å². The van der Waals surface area contributed by atoms with Crippen LogP contribution in [0.5, 0.6) is 0 Å². The van der Waals surface area contributed by atoms with E-state index in [0.29, 0.717) is 19.3 Å². The minimum atomic E-state index is -0.795. The molecule has 2 aliphatic heterocycles. The third-order valence-corrected chi connectivity index (χ3v) is 5.64. The van der Waals surface area contributed by atoms with Gasteiger partial charge in [-0.05, 0) is 38.0 Å². The predicted molar refractivity (Wildman–Crippen MR) is 107 cm³/mol. The topological polar surface area (TPSA) is 134 Å². The number of carbonyl (C=O) groups is 5. The van der Waals surface area contributed by atoms with Gasteiger partial charge in [-0.3, -0.25) is 19.2 Å². The zero-order chi connectivity index (χ0) is 22.4. The van der Waals surface area contributed by atoms with Crippen LogP contribution >= 0.6 is 0 Å². The molecule has 2 saturated heterocycles. The molecule has 10 heteroatoms. The van der Waals surface area contributed by atoms with E-state index in [1.54, 1.807) is 18.7 Å². The van der Waals surface area contributed by atoms with Crippen LogP contribution in [0.25, 0.3) is 0 Å². The maximum Gasteiger partial charge on any atom is 0.328 e. The lowest BCUT2D eigenvalue weighted by atomic mass is 10.0. The summed E-state index contributed by atoms with van der Waals surface area (Å²) in [5.41, 5.74) is 0. The molecule has 2 heterocycles. The van der Waals surface area contributed by atoms with Gasteiger partial charge >= 0.3 is 5.97 Å². The molecule has 4 amide bonds. The number of nitrogens with one attached hydrogen (secondary N) is 3. The summed E-state index contributed by atoms with van der Waals surface area (Å²) < 4.78 is 4.77. The van der Waals surface area contributed by atoms with Crippen molar-refractivity contribution in [1.82, 2.24) is 20.9 Å². The van der Waals surface area contributed by atoms with Crippen LogP contribution in [0.15, 0.2) is 0 Å². The minimum absolute atomic E-state index is 0.0684. The monoisotopic (exact) mass is 424 g/mol. The molecule has 0 bridgehead atoms. The number of nitrogens with zero attached hydrogens (tertiary/aromatic N) is 1. The Kier molecular flexibility index (Phi) is 8.19. The number of hydrogen-bond donors (Lipinski definition) is 3. The molecule has 10 nitrogen and oxygen atoms in total. The molecule has 0 aromatic carbocycles. The predicted octanol–water partition coefficient (Wildman–Crippen LogP) is -0.535. The zero-order valence-electron chi connectivity index (χ0n) is 18.0. The van der Waals surface area contributed by atoms with Gasteiger partial charge in [0.1, 0.15) is 18.1 Å². The van der Waals surface area contributed by atoms with Crippen LogP contribution in [0.1, 0.15) is 52.9 Å². The molecule has 2 fully saturated rings. The molecule has 0 radical (unpaired) electrons. The molecule has 2 aliphatic rings. The van der Waals surface area contributed by atoms with E-state index in [2.05, 4.69) is 16.0 Å². The van der Waals surface area contributed by atoms with Crippen LogP contribution in [0, 0.1) is 5.92 Å². The van der Waals surface area contributed by atoms with Crippen LogP contribution in [0.4, 0.5) is 0 Å².